The molecule has 0 radical (unpaired) electrons. The molecule has 2 aromatic heterocycles. The Hall–Kier alpha value is -2.38. The predicted octanol–water partition coefficient (Wildman–Crippen LogP) is 3.68. The second-order valence-electron chi connectivity index (χ2n) is 7.19. The number of rotatable bonds is 4. The summed E-state index contributed by atoms with van der Waals surface area (Å²) in [6, 6.07) is 7.22. The summed E-state index contributed by atoms with van der Waals surface area (Å²) in [6.07, 6.45) is 2.25. The van der Waals surface area contributed by atoms with E-state index < -0.39 is 0 Å². The van der Waals surface area contributed by atoms with E-state index in [4.69, 9.17) is 11.6 Å². The standard InChI is InChI=1S/C20H21ClN4O2S/c1-12-9-25-17(13(2)22-20(25)28-12)11-23(3)19(27)14-8-18(26)24(10-14)16-7-5-4-6-15(16)21/h4-7,9,14H,8,10-11H2,1-3H3. The summed E-state index contributed by atoms with van der Waals surface area (Å²) in [4.78, 5) is 35.5. The van der Waals surface area contributed by atoms with Gasteiger partial charge in [0.25, 0.3) is 0 Å². The van der Waals surface area contributed by atoms with Crippen molar-refractivity contribution in [2.75, 3.05) is 18.5 Å². The fourth-order valence-electron chi connectivity index (χ4n) is 3.69. The summed E-state index contributed by atoms with van der Waals surface area (Å²) in [6.45, 7) is 4.81. The van der Waals surface area contributed by atoms with Gasteiger partial charge in [0.1, 0.15) is 0 Å². The van der Waals surface area contributed by atoms with Crippen LogP contribution >= 0.6 is 22.9 Å². The van der Waals surface area contributed by atoms with Gasteiger partial charge in [-0.05, 0) is 26.0 Å². The highest BCUT2D eigenvalue weighted by molar-refractivity contribution is 7.17. The number of amides is 2. The number of hydrogen-bond acceptors (Lipinski definition) is 4. The average Bonchev–Trinajstić information content (AvgIpc) is 3.29. The number of aryl methyl sites for hydroxylation is 2. The van der Waals surface area contributed by atoms with Crippen LogP contribution in [0.4, 0.5) is 5.69 Å². The molecule has 3 heterocycles. The topological polar surface area (TPSA) is 57.9 Å². The summed E-state index contributed by atoms with van der Waals surface area (Å²) >= 11 is 7.86. The van der Waals surface area contributed by atoms with Gasteiger partial charge in [-0.3, -0.25) is 14.0 Å². The van der Waals surface area contributed by atoms with Crippen LogP contribution < -0.4 is 4.90 Å². The molecule has 1 aliphatic rings. The van der Waals surface area contributed by atoms with Gasteiger partial charge in [-0.25, -0.2) is 4.98 Å². The Morgan fingerprint density at radius 2 is 2.11 bits per heavy atom. The lowest BCUT2D eigenvalue weighted by Crippen LogP contribution is -2.34. The minimum atomic E-state index is -0.373. The molecule has 1 aliphatic heterocycles. The fourth-order valence-corrected chi connectivity index (χ4v) is 4.82. The average molecular weight is 417 g/mol. The number of thiazole rings is 1. The van der Waals surface area contributed by atoms with E-state index in [0.717, 1.165) is 16.3 Å². The fraction of sp³-hybridized carbons (Fsp3) is 0.350. The van der Waals surface area contributed by atoms with Crippen molar-refractivity contribution in [1.82, 2.24) is 14.3 Å². The maximum absolute atomic E-state index is 13.0. The molecule has 28 heavy (non-hydrogen) atoms. The summed E-state index contributed by atoms with van der Waals surface area (Å²) in [7, 11) is 1.78. The van der Waals surface area contributed by atoms with Crippen molar-refractivity contribution in [3.05, 3.63) is 51.7 Å². The third kappa shape index (κ3) is 3.29. The number of anilines is 1. The Morgan fingerprint density at radius 3 is 2.86 bits per heavy atom. The van der Waals surface area contributed by atoms with Crippen LogP contribution in [0.25, 0.3) is 4.96 Å². The summed E-state index contributed by atoms with van der Waals surface area (Å²) in [5, 5.41) is 0.516. The van der Waals surface area contributed by atoms with Crippen LogP contribution in [0.3, 0.4) is 0 Å². The van der Waals surface area contributed by atoms with E-state index in [9.17, 15) is 9.59 Å². The number of nitrogens with zero attached hydrogens (tertiary/aromatic N) is 4. The highest BCUT2D eigenvalue weighted by Gasteiger charge is 2.37. The third-order valence-corrected chi connectivity index (χ3v) is 6.34. The van der Waals surface area contributed by atoms with Crippen LogP contribution in [0, 0.1) is 19.8 Å². The van der Waals surface area contributed by atoms with Gasteiger partial charge in [-0.2, -0.15) is 0 Å². The van der Waals surface area contributed by atoms with E-state index in [1.54, 1.807) is 34.3 Å². The summed E-state index contributed by atoms with van der Waals surface area (Å²) in [5.41, 5.74) is 2.59. The molecule has 0 aliphatic carbocycles. The van der Waals surface area contributed by atoms with Gasteiger partial charge < -0.3 is 9.80 Å². The second kappa shape index (κ2) is 7.22. The number of carbonyl (C=O) groups is 2. The van der Waals surface area contributed by atoms with Crippen LogP contribution in [0.15, 0.2) is 30.5 Å². The molecule has 1 aromatic carbocycles. The highest BCUT2D eigenvalue weighted by Crippen LogP contribution is 2.32. The lowest BCUT2D eigenvalue weighted by Gasteiger charge is -2.22. The van der Waals surface area contributed by atoms with Gasteiger partial charge in [0.2, 0.25) is 11.8 Å². The van der Waals surface area contributed by atoms with Crippen LogP contribution in [0.2, 0.25) is 5.02 Å². The molecule has 4 rings (SSSR count). The molecule has 1 unspecified atom stereocenters. The SMILES string of the molecule is Cc1cn2c(CN(C)C(=O)C3CC(=O)N(c4ccccc4Cl)C3)c(C)nc2s1. The number of halogens is 1. The monoisotopic (exact) mass is 416 g/mol. The van der Waals surface area contributed by atoms with Crippen molar-refractivity contribution >= 4 is 45.4 Å². The number of imidazole rings is 1. The zero-order chi connectivity index (χ0) is 20.0. The zero-order valence-corrected chi connectivity index (χ0v) is 17.5. The number of para-hydroxylation sites is 1. The summed E-state index contributed by atoms with van der Waals surface area (Å²) in [5.74, 6) is -0.484. The summed E-state index contributed by atoms with van der Waals surface area (Å²) < 4.78 is 2.05. The normalized spacial score (nSPS) is 16.9. The maximum atomic E-state index is 13.0. The third-order valence-electron chi connectivity index (χ3n) is 5.12. The molecular weight excluding hydrogens is 396 g/mol. The quantitative estimate of drug-likeness (QED) is 0.651. The first-order chi connectivity index (χ1) is 13.3. The number of benzene rings is 1. The first-order valence-electron chi connectivity index (χ1n) is 9.09. The molecule has 1 fully saturated rings. The van der Waals surface area contributed by atoms with Crippen molar-refractivity contribution in [1.29, 1.82) is 0 Å². The molecule has 0 N–H and O–H groups in total. The number of fused-ring (bicyclic) bond motifs is 1. The molecule has 1 saturated heterocycles. The molecule has 0 saturated carbocycles. The van der Waals surface area contributed by atoms with Gasteiger partial charge in [-0.15, -0.1) is 11.3 Å². The molecule has 2 amide bonds. The molecule has 6 nitrogen and oxygen atoms in total. The van der Waals surface area contributed by atoms with Crippen molar-refractivity contribution in [3.8, 4) is 0 Å². The van der Waals surface area contributed by atoms with Crippen molar-refractivity contribution < 1.29 is 9.59 Å². The Bertz CT molecular complexity index is 1070. The molecule has 0 spiro atoms. The highest BCUT2D eigenvalue weighted by atomic mass is 35.5. The molecular formula is C20H21ClN4O2S. The Labute approximate surface area is 172 Å². The van der Waals surface area contributed by atoms with E-state index in [2.05, 4.69) is 9.38 Å². The van der Waals surface area contributed by atoms with Crippen molar-refractivity contribution in [2.45, 2.75) is 26.8 Å². The van der Waals surface area contributed by atoms with E-state index in [-0.39, 0.29) is 24.2 Å². The molecule has 146 valence electrons. The molecule has 0 bridgehead atoms. The Morgan fingerprint density at radius 1 is 1.36 bits per heavy atom. The van der Waals surface area contributed by atoms with Crippen LogP contribution in [0.1, 0.15) is 22.7 Å². The first kappa shape index (κ1) is 19.0. The first-order valence-corrected chi connectivity index (χ1v) is 10.3. The van der Waals surface area contributed by atoms with Gasteiger partial charge >= 0.3 is 0 Å². The minimum absolute atomic E-state index is 0.0378. The Balaban J connectivity index is 1.50. The van der Waals surface area contributed by atoms with Crippen molar-refractivity contribution in [3.63, 3.8) is 0 Å². The number of carbonyl (C=O) groups excluding carboxylic acids is 2. The van der Waals surface area contributed by atoms with E-state index in [1.165, 1.54) is 4.88 Å². The van der Waals surface area contributed by atoms with Crippen LogP contribution in [0.5, 0.6) is 0 Å². The number of aromatic nitrogens is 2. The van der Waals surface area contributed by atoms with Crippen LogP contribution in [-0.2, 0) is 16.1 Å². The molecule has 1 atom stereocenters. The zero-order valence-electron chi connectivity index (χ0n) is 16.0. The van der Waals surface area contributed by atoms with E-state index in [0.29, 0.717) is 23.8 Å². The van der Waals surface area contributed by atoms with Gasteiger partial charge in [0, 0.05) is 31.1 Å². The van der Waals surface area contributed by atoms with E-state index >= 15 is 0 Å². The number of hydrogen-bond donors (Lipinski definition) is 0. The predicted molar refractivity (Wildman–Crippen MR) is 111 cm³/mol. The molecule has 3 aromatic rings. The Kier molecular flexibility index (Phi) is 4.89. The van der Waals surface area contributed by atoms with Crippen LogP contribution in [-0.4, -0.2) is 39.7 Å². The van der Waals surface area contributed by atoms with E-state index in [1.807, 2.05) is 38.2 Å². The lowest BCUT2D eigenvalue weighted by molar-refractivity contribution is -0.135. The second-order valence-corrected chi connectivity index (χ2v) is 8.81. The van der Waals surface area contributed by atoms with Gasteiger partial charge in [-0.1, -0.05) is 23.7 Å². The smallest absolute Gasteiger partial charge is 0.228 e. The minimum Gasteiger partial charge on any atom is -0.340 e. The largest absolute Gasteiger partial charge is 0.340 e. The van der Waals surface area contributed by atoms with Gasteiger partial charge in [0.05, 0.1) is 34.6 Å². The lowest BCUT2D eigenvalue weighted by atomic mass is 10.1. The van der Waals surface area contributed by atoms with Gasteiger partial charge in [0.15, 0.2) is 4.96 Å². The maximum Gasteiger partial charge on any atom is 0.228 e. The van der Waals surface area contributed by atoms with Crippen molar-refractivity contribution in [2.24, 2.45) is 5.92 Å². The molecule has 8 heteroatoms.